The molecule has 0 amide bonds. The lowest BCUT2D eigenvalue weighted by molar-refractivity contribution is -0.313. The molecule has 3 saturated carbocycles. The number of aliphatic hydroxyl groups excluding tert-OH is 4. The number of allylic oxidation sites excluding steroid dienone is 1. The molecule has 0 unspecified atom stereocenters. The van der Waals surface area contributed by atoms with Crippen LogP contribution in [0.3, 0.4) is 0 Å². The topological polar surface area (TPSA) is 99.4 Å². The molecule has 1 heterocycles. The number of hydrogen-bond donors (Lipinski definition) is 4. The molecular weight excluding hydrogens is 516 g/mol. The van der Waals surface area contributed by atoms with Crippen LogP contribution < -0.4 is 0 Å². The largest absolute Gasteiger partial charge is 0.394 e. The first-order valence-electron chi connectivity index (χ1n) is 17.1. The van der Waals surface area contributed by atoms with E-state index in [4.69, 9.17) is 9.47 Å². The summed E-state index contributed by atoms with van der Waals surface area (Å²) in [5, 5.41) is 40.4. The molecule has 0 aromatic carbocycles. The highest BCUT2D eigenvalue weighted by atomic mass is 16.7. The van der Waals surface area contributed by atoms with Crippen LogP contribution in [0.1, 0.15) is 112 Å². The van der Waals surface area contributed by atoms with Gasteiger partial charge in [-0.05, 0) is 110 Å². The fourth-order valence-electron chi connectivity index (χ4n) is 10.8. The van der Waals surface area contributed by atoms with E-state index in [2.05, 4.69) is 47.6 Å². The zero-order chi connectivity index (χ0) is 29.7. The Morgan fingerprint density at radius 1 is 0.951 bits per heavy atom. The number of fused-ring (bicyclic) bond motifs is 5. The maximum Gasteiger partial charge on any atom is 0.186 e. The number of ether oxygens (including phenoxy) is 2. The van der Waals surface area contributed by atoms with Gasteiger partial charge in [0.05, 0.1) is 12.7 Å². The van der Waals surface area contributed by atoms with Gasteiger partial charge in [-0.3, -0.25) is 0 Å². The van der Waals surface area contributed by atoms with Gasteiger partial charge in [0.1, 0.15) is 24.4 Å². The smallest absolute Gasteiger partial charge is 0.186 e. The molecule has 0 spiro atoms. The van der Waals surface area contributed by atoms with E-state index < -0.39 is 37.3 Å². The predicted molar refractivity (Wildman–Crippen MR) is 161 cm³/mol. The minimum Gasteiger partial charge on any atom is -0.394 e. The van der Waals surface area contributed by atoms with Gasteiger partial charge in [0.15, 0.2) is 6.29 Å². The van der Waals surface area contributed by atoms with E-state index in [0.717, 1.165) is 60.7 Å². The van der Waals surface area contributed by atoms with Crippen LogP contribution >= 0.6 is 0 Å². The van der Waals surface area contributed by atoms with Gasteiger partial charge in [0.25, 0.3) is 0 Å². The van der Waals surface area contributed by atoms with Gasteiger partial charge in [-0.25, -0.2) is 0 Å². The zero-order valence-electron chi connectivity index (χ0n) is 26.7. The number of hydrogen-bond acceptors (Lipinski definition) is 6. The van der Waals surface area contributed by atoms with E-state index in [-0.39, 0.29) is 11.5 Å². The predicted octanol–water partition coefficient (Wildman–Crippen LogP) is 5.85. The van der Waals surface area contributed by atoms with Crippen molar-refractivity contribution in [3.63, 3.8) is 0 Å². The summed E-state index contributed by atoms with van der Waals surface area (Å²) in [5.41, 5.74) is 2.19. The molecule has 4 aliphatic carbocycles. The lowest BCUT2D eigenvalue weighted by Gasteiger charge is -2.58. The number of rotatable bonds is 9. The molecule has 0 aromatic heterocycles. The van der Waals surface area contributed by atoms with E-state index in [1.165, 1.54) is 56.9 Å². The molecule has 4 N–H and O–H groups in total. The van der Waals surface area contributed by atoms with Gasteiger partial charge in [0, 0.05) is 0 Å². The van der Waals surface area contributed by atoms with E-state index in [0.29, 0.717) is 5.41 Å². The minimum atomic E-state index is -1.40. The first-order chi connectivity index (χ1) is 19.4. The summed E-state index contributed by atoms with van der Waals surface area (Å²) in [5.74, 6) is 5.66. The second-order valence-corrected chi connectivity index (χ2v) is 15.7. The lowest BCUT2D eigenvalue weighted by atomic mass is 9.47. The highest BCUT2D eigenvalue weighted by molar-refractivity contribution is 5.25. The molecule has 41 heavy (non-hydrogen) atoms. The fourth-order valence-corrected chi connectivity index (χ4v) is 10.8. The first kappa shape index (κ1) is 31.9. The van der Waals surface area contributed by atoms with Crippen molar-refractivity contribution in [2.45, 2.75) is 149 Å². The first-order valence-corrected chi connectivity index (χ1v) is 17.1. The third-order valence-corrected chi connectivity index (χ3v) is 13.5. The van der Waals surface area contributed by atoms with E-state index >= 15 is 0 Å². The van der Waals surface area contributed by atoms with Gasteiger partial charge >= 0.3 is 0 Å². The maximum atomic E-state index is 10.5. The summed E-state index contributed by atoms with van der Waals surface area (Å²) in [6.45, 7) is 14.5. The van der Waals surface area contributed by atoms with Crippen LogP contribution in [0.15, 0.2) is 11.6 Å². The molecule has 236 valence electrons. The van der Waals surface area contributed by atoms with Crippen molar-refractivity contribution in [3.8, 4) is 0 Å². The molecule has 5 aliphatic rings. The van der Waals surface area contributed by atoms with Crippen LogP contribution in [0, 0.1) is 52.3 Å². The molecule has 1 saturated heterocycles. The van der Waals surface area contributed by atoms with Crippen molar-refractivity contribution in [1.82, 2.24) is 0 Å². The Kier molecular flexibility index (Phi) is 9.71. The molecular formula is C35H60O6. The summed E-state index contributed by atoms with van der Waals surface area (Å²) in [7, 11) is 0. The van der Waals surface area contributed by atoms with Crippen molar-refractivity contribution in [2.24, 2.45) is 52.3 Å². The molecule has 0 radical (unpaired) electrons. The Labute approximate surface area is 249 Å². The van der Waals surface area contributed by atoms with Crippen molar-refractivity contribution in [3.05, 3.63) is 11.6 Å². The second-order valence-electron chi connectivity index (χ2n) is 15.7. The van der Waals surface area contributed by atoms with E-state index in [9.17, 15) is 20.4 Å². The zero-order valence-corrected chi connectivity index (χ0v) is 26.7. The molecule has 0 aromatic rings. The highest BCUT2D eigenvalue weighted by Gasteiger charge is 2.59. The Morgan fingerprint density at radius 3 is 2.39 bits per heavy atom. The summed E-state index contributed by atoms with van der Waals surface area (Å²) in [4.78, 5) is 0. The van der Waals surface area contributed by atoms with Crippen LogP contribution in [0.5, 0.6) is 0 Å². The summed E-state index contributed by atoms with van der Waals surface area (Å²) < 4.78 is 11.9. The van der Waals surface area contributed by atoms with Gasteiger partial charge in [-0.15, -0.1) is 0 Å². The van der Waals surface area contributed by atoms with E-state index in [1.54, 1.807) is 0 Å². The van der Waals surface area contributed by atoms with Crippen LogP contribution in [0.25, 0.3) is 0 Å². The normalized spacial score (nSPS) is 47.7. The van der Waals surface area contributed by atoms with E-state index in [1.807, 2.05) is 0 Å². The summed E-state index contributed by atoms with van der Waals surface area (Å²) in [6.07, 6.45) is 9.92. The molecule has 1 aliphatic heterocycles. The van der Waals surface area contributed by atoms with Gasteiger partial charge in [-0.2, -0.15) is 0 Å². The third kappa shape index (κ3) is 5.73. The second kappa shape index (κ2) is 12.5. The lowest BCUT2D eigenvalue weighted by Crippen LogP contribution is -2.60. The molecule has 5 rings (SSSR count). The third-order valence-electron chi connectivity index (χ3n) is 13.5. The van der Waals surface area contributed by atoms with Gasteiger partial charge < -0.3 is 29.9 Å². The van der Waals surface area contributed by atoms with Crippen molar-refractivity contribution in [2.75, 3.05) is 6.61 Å². The van der Waals surface area contributed by atoms with Crippen molar-refractivity contribution >= 4 is 0 Å². The van der Waals surface area contributed by atoms with Crippen molar-refractivity contribution in [1.29, 1.82) is 0 Å². The fraction of sp³-hybridized carbons (Fsp3) is 0.943. The summed E-state index contributed by atoms with van der Waals surface area (Å²) in [6, 6.07) is 0. The monoisotopic (exact) mass is 576 g/mol. The molecule has 4 fully saturated rings. The molecule has 6 heteroatoms. The molecule has 6 nitrogen and oxygen atoms in total. The van der Waals surface area contributed by atoms with Gasteiger partial charge in [-0.1, -0.05) is 66.0 Å². The minimum absolute atomic E-state index is 0.101. The van der Waals surface area contributed by atoms with Crippen molar-refractivity contribution < 1.29 is 29.9 Å². The molecule has 0 bridgehead atoms. The Balaban J connectivity index is 1.24. The highest BCUT2D eigenvalue weighted by Crippen LogP contribution is 2.67. The molecule has 14 atom stereocenters. The maximum absolute atomic E-state index is 10.5. The quantitative estimate of drug-likeness (QED) is 0.257. The van der Waals surface area contributed by atoms with Crippen LogP contribution in [-0.4, -0.2) is 63.8 Å². The number of aliphatic hydroxyl groups is 4. The Bertz CT molecular complexity index is 918. The van der Waals surface area contributed by atoms with Crippen LogP contribution in [0.2, 0.25) is 0 Å². The summed E-state index contributed by atoms with van der Waals surface area (Å²) >= 11 is 0. The standard InChI is InChI=1S/C35H60O6/c1-7-22(20(2)3)9-8-21(4)26-12-13-27-25-11-10-23-18-24(14-16-34(23,5)28(25)15-17-35(26,27)6)40-33-32(39)31(38)30(37)29(19-36)41-33/h10,20-22,24-33,36-39H,7-9,11-19H2,1-6H3/t21-,22+,24+,25-,26+,27-,28+,29+,30+,31-,32+,33+,34+,35-/m1/s1. The Hall–Kier alpha value is -0.500. The SMILES string of the molecule is CC[C@@H](CC[C@@H](C)[C@@H]1CC[C@@H]2[C@H]3CC=C4C[C@@H](O[C@H]5O[C@@H](CO)[C@H](O)[C@@H](O)[C@@H]5O)CC[C@]4(C)[C@H]3CC[C@@]21C)C(C)C. The Morgan fingerprint density at radius 2 is 1.71 bits per heavy atom. The average molecular weight is 577 g/mol. The van der Waals surface area contributed by atoms with Crippen LogP contribution in [0.4, 0.5) is 0 Å². The average Bonchev–Trinajstić information content (AvgIpc) is 3.30. The van der Waals surface area contributed by atoms with Gasteiger partial charge in [0.2, 0.25) is 0 Å². The van der Waals surface area contributed by atoms with Crippen LogP contribution in [-0.2, 0) is 9.47 Å².